The molecule has 1 aliphatic carbocycles. The first-order valence-electron chi connectivity index (χ1n) is 11.2. The largest absolute Gasteiger partial charge is 0.349 e. The van der Waals surface area contributed by atoms with Crippen LogP contribution >= 0.6 is 11.6 Å². The van der Waals surface area contributed by atoms with Crippen molar-refractivity contribution in [1.82, 2.24) is 14.5 Å². The van der Waals surface area contributed by atoms with Crippen molar-refractivity contribution >= 4 is 33.4 Å². The Morgan fingerprint density at radius 2 is 1.67 bits per heavy atom. The van der Waals surface area contributed by atoms with Gasteiger partial charge < -0.3 is 10.2 Å². The van der Waals surface area contributed by atoms with Crippen LogP contribution in [-0.2, 0) is 32.5 Å². The topological polar surface area (TPSA) is 86.8 Å². The second-order valence-corrected chi connectivity index (χ2v) is 11.0. The monoisotopic (exact) mass is 489 g/mol. The van der Waals surface area contributed by atoms with E-state index in [0.29, 0.717) is 23.0 Å². The Balaban J connectivity index is 1.39. The van der Waals surface area contributed by atoms with Gasteiger partial charge in [0.1, 0.15) is 0 Å². The predicted octanol–water partition coefficient (Wildman–Crippen LogP) is 2.93. The summed E-state index contributed by atoms with van der Waals surface area (Å²) in [6.45, 7) is 2.54. The molecule has 4 rings (SSSR count). The summed E-state index contributed by atoms with van der Waals surface area (Å²) in [6.07, 6.45) is 3.09. The first-order valence-corrected chi connectivity index (χ1v) is 13.0. The van der Waals surface area contributed by atoms with Crippen molar-refractivity contribution in [3.8, 4) is 0 Å². The Labute approximate surface area is 199 Å². The highest BCUT2D eigenvalue weighted by Crippen LogP contribution is 2.27. The molecule has 7 nitrogen and oxygen atoms in total. The fourth-order valence-electron chi connectivity index (χ4n) is 4.53. The van der Waals surface area contributed by atoms with E-state index in [0.717, 1.165) is 30.4 Å². The van der Waals surface area contributed by atoms with Crippen LogP contribution in [0.15, 0.2) is 47.4 Å². The van der Waals surface area contributed by atoms with E-state index in [-0.39, 0.29) is 31.3 Å². The molecule has 9 heteroatoms. The molecule has 2 aliphatic rings. The average Bonchev–Trinajstić information content (AvgIpc) is 3.27. The smallest absolute Gasteiger partial charge is 0.243 e. The Morgan fingerprint density at radius 1 is 1.00 bits per heavy atom. The number of carbonyl (C=O) groups is 2. The molecule has 1 fully saturated rings. The number of piperazine rings is 1. The summed E-state index contributed by atoms with van der Waals surface area (Å²) in [5.41, 5.74) is 3.15. The zero-order valence-electron chi connectivity index (χ0n) is 18.6. The lowest BCUT2D eigenvalue weighted by molar-refractivity contribution is -0.133. The third-order valence-electron chi connectivity index (χ3n) is 6.33. The van der Waals surface area contributed by atoms with E-state index in [1.165, 1.54) is 16.8 Å². The van der Waals surface area contributed by atoms with Crippen LogP contribution < -0.4 is 5.32 Å². The normalized spacial score (nSPS) is 17.5. The van der Waals surface area contributed by atoms with Crippen LogP contribution in [0, 0.1) is 0 Å². The molecule has 2 aromatic rings. The summed E-state index contributed by atoms with van der Waals surface area (Å²) in [6, 6.07) is 12.0. The van der Waals surface area contributed by atoms with Gasteiger partial charge in [0.25, 0.3) is 0 Å². The van der Waals surface area contributed by atoms with E-state index >= 15 is 0 Å². The van der Waals surface area contributed by atoms with Crippen LogP contribution in [-0.4, -0.2) is 55.6 Å². The lowest BCUT2D eigenvalue weighted by atomic mass is 10.0. The number of hydrogen-bond acceptors (Lipinski definition) is 4. The van der Waals surface area contributed by atoms with Crippen LogP contribution in [0.5, 0.6) is 0 Å². The first kappa shape index (κ1) is 23.7. The second-order valence-electron chi connectivity index (χ2n) is 8.58. The zero-order chi connectivity index (χ0) is 23.6. The molecule has 0 bridgehead atoms. The Hall–Kier alpha value is -2.42. The first-order chi connectivity index (χ1) is 15.7. The number of nitrogens with one attached hydrogen (secondary N) is 1. The number of nitrogens with zero attached hydrogens (tertiary/aromatic N) is 2. The van der Waals surface area contributed by atoms with Gasteiger partial charge in [-0.2, -0.15) is 4.31 Å². The summed E-state index contributed by atoms with van der Waals surface area (Å²) in [5, 5.41) is 3.40. The molecule has 2 aromatic carbocycles. The van der Waals surface area contributed by atoms with E-state index in [1.54, 1.807) is 41.3 Å². The van der Waals surface area contributed by atoms with E-state index in [9.17, 15) is 18.0 Å². The molecule has 1 unspecified atom stereocenters. The number of carbonyl (C=O) groups excluding carboxylic acids is 2. The molecule has 33 heavy (non-hydrogen) atoms. The van der Waals surface area contributed by atoms with Crippen LogP contribution in [0.25, 0.3) is 0 Å². The minimum atomic E-state index is -3.59. The molecule has 0 spiro atoms. The van der Waals surface area contributed by atoms with Crippen LogP contribution in [0.3, 0.4) is 0 Å². The second kappa shape index (κ2) is 9.83. The highest BCUT2D eigenvalue weighted by molar-refractivity contribution is 7.89. The summed E-state index contributed by atoms with van der Waals surface area (Å²) in [5.74, 6) is -0.355. The minimum Gasteiger partial charge on any atom is -0.349 e. The van der Waals surface area contributed by atoms with E-state index in [1.807, 2.05) is 6.07 Å². The summed E-state index contributed by atoms with van der Waals surface area (Å²) in [4.78, 5) is 26.6. The van der Waals surface area contributed by atoms with Gasteiger partial charge >= 0.3 is 0 Å². The number of halogens is 1. The van der Waals surface area contributed by atoms with Gasteiger partial charge in [-0.15, -0.1) is 0 Å². The van der Waals surface area contributed by atoms with Crippen LogP contribution in [0.4, 0.5) is 0 Å². The van der Waals surface area contributed by atoms with Gasteiger partial charge in [0.05, 0.1) is 17.4 Å². The van der Waals surface area contributed by atoms with Crippen molar-refractivity contribution in [2.24, 2.45) is 0 Å². The minimum absolute atomic E-state index is 0.0960. The Kier molecular flexibility index (Phi) is 7.07. The van der Waals surface area contributed by atoms with Gasteiger partial charge in [-0.05, 0) is 60.2 Å². The van der Waals surface area contributed by atoms with Crippen LogP contribution in [0.2, 0.25) is 5.02 Å². The number of rotatable bonds is 6. The molecule has 1 N–H and O–H groups in total. The maximum absolute atomic E-state index is 13.1. The number of hydrogen-bond donors (Lipinski definition) is 1. The summed E-state index contributed by atoms with van der Waals surface area (Å²) in [7, 11) is -3.59. The number of fused-ring (bicyclic) bond motifs is 1. The van der Waals surface area contributed by atoms with Crippen molar-refractivity contribution in [2.45, 2.75) is 43.5 Å². The molecule has 0 radical (unpaired) electrons. The number of aryl methyl sites for hydroxylation is 2. The van der Waals surface area contributed by atoms with Crippen LogP contribution in [0.1, 0.15) is 42.5 Å². The third kappa shape index (κ3) is 5.39. The third-order valence-corrected chi connectivity index (χ3v) is 8.47. The highest BCUT2D eigenvalue weighted by Gasteiger charge is 2.31. The molecule has 1 heterocycles. The lowest BCUT2D eigenvalue weighted by Crippen LogP contribution is -2.51. The average molecular weight is 490 g/mol. The summed E-state index contributed by atoms with van der Waals surface area (Å²) < 4.78 is 27.7. The van der Waals surface area contributed by atoms with Crippen molar-refractivity contribution in [1.29, 1.82) is 0 Å². The number of amides is 2. The Morgan fingerprint density at radius 3 is 2.33 bits per heavy atom. The molecule has 0 aromatic heterocycles. The SMILES string of the molecule is CC(=O)NC(CC(=O)N1CCN(S(=O)(=O)c2ccc3c(c2)CCC3)CC1)c1ccc(Cl)cc1. The molecule has 0 saturated carbocycles. The van der Waals surface area contributed by atoms with E-state index in [4.69, 9.17) is 11.6 Å². The van der Waals surface area contributed by atoms with Gasteiger partial charge in [-0.3, -0.25) is 9.59 Å². The molecular formula is C24H28ClN3O4S. The molecule has 2 amide bonds. The molecule has 1 atom stereocenters. The Bertz CT molecular complexity index is 1140. The van der Waals surface area contributed by atoms with Crippen molar-refractivity contribution in [2.75, 3.05) is 26.2 Å². The van der Waals surface area contributed by atoms with Gasteiger partial charge in [-0.25, -0.2) is 8.42 Å². The molecule has 1 saturated heterocycles. The van der Waals surface area contributed by atoms with Crippen molar-refractivity contribution < 1.29 is 18.0 Å². The van der Waals surface area contributed by atoms with Gasteiger partial charge in [0.15, 0.2) is 0 Å². The number of benzene rings is 2. The molecule has 1 aliphatic heterocycles. The number of sulfonamides is 1. The van der Waals surface area contributed by atoms with Crippen molar-refractivity contribution in [3.05, 3.63) is 64.2 Å². The fourth-order valence-corrected chi connectivity index (χ4v) is 6.13. The van der Waals surface area contributed by atoms with Crippen molar-refractivity contribution in [3.63, 3.8) is 0 Å². The van der Waals surface area contributed by atoms with E-state index < -0.39 is 16.1 Å². The predicted molar refractivity (Wildman–Crippen MR) is 126 cm³/mol. The lowest BCUT2D eigenvalue weighted by Gasteiger charge is -2.35. The van der Waals surface area contributed by atoms with Gasteiger partial charge in [0.2, 0.25) is 21.8 Å². The fraction of sp³-hybridized carbons (Fsp3) is 0.417. The maximum atomic E-state index is 13.1. The maximum Gasteiger partial charge on any atom is 0.243 e. The quantitative estimate of drug-likeness (QED) is 0.676. The zero-order valence-corrected chi connectivity index (χ0v) is 20.2. The van der Waals surface area contributed by atoms with Gasteiger partial charge in [0, 0.05) is 38.1 Å². The molecular weight excluding hydrogens is 462 g/mol. The van der Waals surface area contributed by atoms with E-state index in [2.05, 4.69) is 5.32 Å². The summed E-state index contributed by atoms with van der Waals surface area (Å²) >= 11 is 5.96. The van der Waals surface area contributed by atoms with Gasteiger partial charge in [-0.1, -0.05) is 29.8 Å². The highest BCUT2D eigenvalue weighted by atomic mass is 35.5. The standard InChI is InChI=1S/C24H28ClN3O4S/c1-17(29)26-23(19-5-8-21(25)9-6-19)16-24(30)27-11-13-28(14-12-27)33(31,32)22-10-7-18-3-2-4-20(18)15-22/h5-10,15,23H,2-4,11-14,16H2,1H3,(H,26,29). The molecule has 176 valence electrons.